The number of carbonyl (C=O) groups excluding carboxylic acids is 1. The van der Waals surface area contributed by atoms with Crippen LogP contribution in [0.25, 0.3) is 0 Å². The molecule has 1 saturated heterocycles. The molecular weight excluding hydrogens is 490 g/mol. The Bertz CT molecular complexity index is 892. The van der Waals surface area contributed by atoms with Crippen LogP contribution in [0.4, 0.5) is 0 Å². The predicted molar refractivity (Wildman–Crippen MR) is 128 cm³/mol. The van der Waals surface area contributed by atoms with E-state index in [0.717, 1.165) is 11.1 Å². The molecule has 4 atom stereocenters. The summed E-state index contributed by atoms with van der Waals surface area (Å²) in [6.07, 6.45) is -0.765. The van der Waals surface area contributed by atoms with Crippen molar-refractivity contribution < 1.29 is 28.6 Å². The average molecular weight is 520 g/mol. The zero-order valence-corrected chi connectivity index (χ0v) is 20.6. The van der Waals surface area contributed by atoms with E-state index in [2.05, 4.69) is 21.1 Å². The molecule has 0 aromatic heterocycles. The normalized spacial score (nSPS) is 21.6. The van der Waals surface area contributed by atoms with Crippen molar-refractivity contribution in [3.05, 3.63) is 71.8 Å². The molecular formula is C25H30BrNO6. The van der Waals surface area contributed by atoms with Crippen molar-refractivity contribution >= 4 is 28.1 Å². The molecule has 0 saturated carbocycles. The number of oxime groups is 1. The van der Waals surface area contributed by atoms with Crippen molar-refractivity contribution in [3.63, 3.8) is 0 Å². The first kappa shape index (κ1) is 25.4. The summed E-state index contributed by atoms with van der Waals surface area (Å²) in [7, 11) is 0. The minimum Gasteiger partial charge on any atom is -0.459 e. The van der Waals surface area contributed by atoms with E-state index >= 15 is 0 Å². The topological polar surface area (TPSA) is 75.6 Å². The number of hydrogen-bond acceptors (Lipinski definition) is 7. The maximum atomic E-state index is 11.7. The lowest BCUT2D eigenvalue weighted by Gasteiger charge is -2.31. The summed E-state index contributed by atoms with van der Waals surface area (Å²) in [5.41, 5.74) is 2.00. The molecule has 0 radical (unpaired) electrons. The molecule has 0 amide bonds. The molecule has 1 heterocycles. The smallest absolute Gasteiger partial charge is 0.303 e. The van der Waals surface area contributed by atoms with Gasteiger partial charge in [0.1, 0.15) is 31.0 Å². The van der Waals surface area contributed by atoms with Crippen LogP contribution in [0.15, 0.2) is 65.8 Å². The number of esters is 1. The fourth-order valence-corrected chi connectivity index (χ4v) is 4.06. The number of rotatable bonds is 11. The highest BCUT2D eigenvalue weighted by Crippen LogP contribution is 2.33. The maximum Gasteiger partial charge on any atom is 0.303 e. The first-order valence-electron chi connectivity index (χ1n) is 10.8. The van der Waals surface area contributed by atoms with Crippen LogP contribution in [-0.2, 0) is 41.8 Å². The second kappa shape index (κ2) is 12.3. The molecule has 33 heavy (non-hydrogen) atoms. The minimum absolute atomic E-state index is 0.324. The van der Waals surface area contributed by atoms with Crippen LogP contribution in [-0.4, -0.2) is 47.7 Å². The molecule has 0 spiro atoms. The van der Waals surface area contributed by atoms with Crippen LogP contribution in [0.2, 0.25) is 0 Å². The zero-order valence-electron chi connectivity index (χ0n) is 19.1. The Hall–Kier alpha value is -2.26. The number of ether oxygens (including phenoxy) is 4. The van der Waals surface area contributed by atoms with Gasteiger partial charge in [0.25, 0.3) is 0 Å². The van der Waals surface area contributed by atoms with Crippen molar-refractivity contribution in [2.24, 2.45) is 5.16 Å². The Morgan fingerprint density at radius 1 is 1.06 bits per heavy atom. The Balaban J connectivity index is 1.75. The van der Waals surface area contributed by atoms with E-state index in [1.165, 1.54) is 6.92 Å². The maximum absolute atomic E-state index is 11.7. The third kappa shape index (κ3) is 7.92. The van der Waals surface area contributed by atoms with Crippen molar-refractivity contribution in [3.8, 4) is 0 Å². The fraction of sp³-hybridized carbons (Fsp3) is 0.440. The Morgan fingerprint density at radius 2 is 1.67 bits per heavy atom. The SMILES string of the molecule is CC(=O)O[C@H](CBr)[C@@H](OCc1ccccc1)[C@@H]1OC(C)(C)O[C@H]1/C=N/OCc1ccccc1. The quantitative estimate of drug-likeness (QED) is 0.186. The summed E-state index contributed by atoms with van der Waals surface area (Å²) in [5.74, 6) is -1.27. The molecule has 178 valence electrons. The molecule has 1 aliphatic rings. The van der Waals surface area contributed by atoms with Crippen LogP contribution >= 0.6 is 15.9 Å². The first-order valence-corrected chi connectivity index (χ1v) is 11.9. The number of alkyl halides is 1. The summed E-state index contributed by atoms with van der Waals surface area (Å²) in [4.78, 5) is 17.2. The molecule has 0 unspecified atom stereocenters. The molecule has 7 nitrogen and oxygen atoms in total. The van der Waals surface area contributed by atoms with Gasteiger partial charge in [-0.05, 0) is 25.0 Å². The lowest BCUT2D eigenvalue weighted by molar-refractivity contribution is -0.180. The molecule has 2 aromatic rings. The lowest BCUT2D eigenvalue weighted by atomic mass is 10.0. The Morgan fingerprint density at radius 3 is 2.24 bits per heavy atom. The summed E-state index contributed by atoms with van der Waals surface area (Å²) < 4.78 is 24.0. The monoisotopic (exact) mass is 519 g/mol. The second-order valence-corrected chi connectivity index (χ2v) is 8.79. The summed E-state index contributed by atoms with van der Waals surface area (Å²) in [5, 5.41) is 4.48. The van der Waals surface area contributed by atoms with Gasteiger partial charge >= 0.3 is 5.97 Å². The highest BCUT2D eigenvalue weighted by atomic mass is 79.9. The van der Waals surface area contributed by atoms with E-state index in [1.807, 2.05) is 74.5 Å². The van der Waals surface area contributed by atoms with Gasteiger partial charge in [-0.3, -0.25) is 4.79 Å². The van der Waals surface area contributed by atoms with Gasteiger partial charge in [-0.25, -0.2) is 0 Å². The largest absolute Gasteiger partial charge is 0.459 e. The first-order chi connectivity index (χ1) is 15.9. The number of benzene rings is 2. The number of carbonyl (C=O) groups is 1. The summed E-state index contributed by atoms with van der Waals surface area (Å²) in [6, 6.07) is 19.5. The number of hydrogen-bond donors (Lipinski definition) is 0. The van der Waals surface area contributed by atoms with Crippen LogP contribution in [0.1, 0.15) is 31.9 Å². The third-order valence-electron chi connectivity index (χ3n) is 4.96. The average Bonchev–Trinajstić information content (AvgIpc) is 3.11. The zero-order chi connectivity index (χ0) is 23.7. The lowest BCUT2D eigenvalue weighted by Crippen LogP contribution is -2.48. The van der Waals surface area contributed by atoms with Gasteiger partial charge in [0.05, 0.1) is 12.8 Å². The molecule has 8 heteroatoms. The van der Waals surface area contributed by atoms with E-state index in [-0.39, 0.29) is 0 Å². The predicted octanol–water partition coefficient (Wildman–Crippen LogP) is 4.62. The van der Waals surface area contributed by atoms with Crippen molar-refractivity contribution in [1.82, 2.24) is 0 Å². The van der Waals surface area contributed by atoms with Crippen LogP contribution in [0.5, 0.6) is 0 Å². The Labute approximate surface area is 203 Å². The molecule has 0 aliphatic carbocycles. The molecule has 1 fully saturated rings. The fourth-order valence-electron chi connectivity index (χ4n) is 3.56. The number of halogens is 1. The van der Waals surface area contributed by atoms with Crippen molar-refractivity contribution in [1.29, 1.82) is 0 Å². The van der Waals surface area contributed by atoms with Gasteiger partial charge in [0, 0.05) is 12.3 Å². The van der Waals surface area contributed by atoms with Gasteiger partial charge in [-0.1, -0.05) is 81.7 Å². The summed E-state index contributed by atoms with van der Waals surface area (Å²) in [6.45, 7) is 5.68. The van der Waals surface area contributed by atoms with E-state index in [9.17, 15) is 4.79 Å². The molecule has 3 rings (SSSR count). The van der Waals surface area contributed by atoms with Crippen LogP contribution in [0.3, 0.4) is 0 Å². The minimum atomic E-state index is -0.873. The molecule has 0 N–H and O–H groups in total. The van der Waals surface area contributed by atoms with E-state index < -0.39 is 36.2 Å². The molecule has 1 aliphatic heterocycles. The van der Waals surface area contributed by atoms with Gasteiger partial charge in [-0.15, -0.1) is 0 Å². The number of nitrogens with zero attached hydrogens (tertiary/aromatic N) is 1. The van der Waals surface area contributed by atoms with E-state index in [4.69, 9.17) is 23.8 Å². The van der Waals surface area contributed by atoms with E-state index in [0.29, 0.717) is 18.5 Å². The van der Waals surface area contributed by atoms with Crippen LogP contribution < -0.4 is 0 Å². The van der Waals surface area contributed by atoms with Crippen LogP contribution in [0, 0.1) is 0 Å². The third-order valence-corrected chi connectivity index (χ3v) is 5.60. The Kier molecular flexibility index (Phi) is 9.43. The van der Waals surface area contributed by atoms with Gasteiger partial charge < -0.3 is 23.8 Å². The van der Waals surface area contributed by atoms with E-state index in [1.54, 1.807) is 6.21 Å². The van der Waals surface area contributed by atoms with Gasteiger partial charge in [0.2, 0.25) is 0 Å². The summed E-state index contributed by atoms with van der Waals surface area (Å²) >= 11 is 3.44. The molecule has 0 bridgehead atoms. The molecule has 2 aromatic carbocycles. The van der Waals surface area contributed by atoms with Crippen molar-refractivity contribution in [2.45, 2.75) is 64.2 Å². The second-order valence-electron chi connectivity index (χ2n) is 8.14. The van der Waals surface area contributed by atoms with Gasteiger partial charge in [-0.2, -0.15) is 0 Å². The van der Waals surface area contributed by atoms with Gasteiger partial charge in [0.15, 0.2) is 5.79 Å². The standard InChI is InChI=1S/C25H30BrNO6/c1-18(28)31-21(14-26)23(29-16-19-10-6-4-7-11-19)24-22(32-25(2,3)33-24)15-27-30-17-20-12-8-5-9-13-20/h4-13,15,21-24H,14,16-17H2,1-3H3/b27-15+/t21-,22+,23-,24-/m1/s1. The van der Waals surface area contributed by atoms with Crippen molar-refractivity contribution in [2.75, 3.05) is 5.33 Å². The highest BCUT2D eigenvalue weighted by Gasteiger charge is 2.48. The highest BCUT2D eigenvalue weighted by molar-refractivity contribution is 9.09.